The minimum Gasteiger partial charge on any atom is -0.380 e. The van der Waals surface area contributed by atoms with Crippen LogP contribution in [-0.2, 0) is 11.2 Å². The van der Waals surface area contributed by atoms with Crippen molar-refractivity contribution in [3.63, 3.8) is 0 Å². The number of hydrogen-bond donors (Lipinski definition) is 0. The SMILES string of the molecule is N#CCc1ccccc1C1COC1. The van der Waals surface area contributed by atoms with Crippen LogP contribution >= 0.6 is 0 Å². The molecule has 0 unspecified atom stereocenters. The van der Waals surface area contributed by atoms with E-state index in [4.69, 9.17) is 10.00 Å². The fraction of sp³-hybridized carbons (Fsp3) is 0.364. The molecule has 0 atom stereocenters. The van der Waals surface area contributed by atoms with Gasteiger partial charge in [-0.05, 0) is 11.1 Å². The van der Waals surface area contributed by atoms with Gasteiger partial charge in [0, 0.05) is 5.92 Å². The fourth-order valence-corrected chi connectivity index (χ4v) is 1.59. The molecule has 13 heavy (non-hydrogen) atoms. The van der Waals surface area contributed by atoms with Gasteiger partial charge in [0.1, 0.15) is 0 Å². The molecule has 1 aromatic rings. The second-order valence-electron chi connectivity index (χ2n) is 3.27. The highest BCUT2D eigenvalue weighted by molar-refractivity contribution is 5.33. The molecule has 1 saturated heterocycles. The third kappa shape index (κ3) is 1.56. The zero-order chi connectivity index (χ0) is 9.10. The van der Waals surface area contributed by atoms with E-state index in [9.17, 15) is 0 Å². The van der Waals surface area contributed by atoms with Crippen molar-refractivity contribution in [2.24, 2.45) is 0 Å². The molecule has 2 nitrogen and oxygen atoms in total. The molecule has 1 aliphatic rings. The molecule has 1 fully saturated rings. The predicted molar refractivity (Wildman–Crippen MR) is 49.3 cm³/mol. The minimum absolute atomic E-state index is 0.507. The summed E-state index contributed by atoms with van der Waals surface area (Å²) in [6.07, 6.45) is 0.507. The molecule has 0 N–H and O–H groups in total. The Morgan fingerprint density at radius 1 is 1.38 bits per heavy atom. The zero-order valence-corrected chi connectivity index (χ0v) is 7.36. The van der Waals surface area contributed by atoms with Crippen molar-refractivity contribution in [1.29, 1.82) is 5.26 Å². The lowest BCUT2D eigenvalue weighted by Gasteiger charge is -2.27. The lowest BCUT2D eigenvalue weighted by atomic mass is 9.92. The second-order valence-corrected chi connectivity index (χ2v) is 3.27. The Morgan fingerprint density at radius 2 is 2.15 bits per heavy atom. The molecular formula is C11H11NO. The molecule has 0 aromatic heterocycles. The van der Waals surface area contributed by atoms with E-state index in [1.54, 1.807) is 0 Å². The molecule has 2 heteroatoms. The summed E-state index contributed by atoms with van der Waals surface area (Å²) in [5.74, 6) is 0.518. The molecule has 0 radical (unpaired) electrons. The van der Waals surface area contributed by atoms with Gasteiger partial charge in [-0.2, -0.15) is 5.26 Å². The van der Waals surface area contributed by atoms with Gasteiger partial charge >= 0.3 is 0 Å². The van der Waals surface area contributed by atoms with Crippen LogP contribution in [0.15, 0.2) is 24.3 Å². The first-order chi connectivity index (χ1) is 6.42. The third-order valence-electron chi connectivity index (χ3n) is 2.40. The summed E-state index contributed by atoms with van der Waals surface area (Å²) in [6, 6.07) is 10.3. The van der Waals surface area contributed by atoms with Crippen molar-refractivity contribution in [3.8, 4) is 6.07 Å². The Morgan fingerprint density at radius 3 is 2.77 bits per heavy atom. The monoisotopic (exact) mass is 173 g/mol. The summed E-state index contributed by atoms with van der Waals surface area (Å²) in [5, 5.41) is 8.64. The summed E-state index contributed by atoms with van der Waals surface area (Å²) in [5.41, 5.74) is 2.44. The maximum absolute atomic E-state index is 8.64. The number of hydrogen-bond acceptors (Lipinski definition) is 2. The summed E-state index contributed by atoms with van der Waals surface area (Å²) in [6.45, 7) is 1.62. The van der Waals surface area contributed by atoms with E-state index in [1.165, 1.54) is 5.56 Å². The first kappa shape index (κ1) is 8.28. The second kappa shape index (κ2) is 3.59. The van der Waals surface area contributed by atoms with Gasteiger partial charge in [-0.3, -0.25) is 0 Å². The minimum atomic E-state index is 0.507. The number of benzene rings is 1. The first-order valence-electron chi connectivity index (χ1n) is 4.44. The number of ether oxygens (including phenoxy) is 1. The normalized spacial score (nSPS) is 16.2. The van der Waals surface area contributed by atoms with Crippen LogP contribution in [0.4, 0.5) is 0 Å². The lowest BCUT2D eigenvalue weighted by Crippen LogP contribution is -2.26. The van der Waals surface area contributed by atoms with Crippen molar-refractivity contribution in [2.75, 3.05) is 13.2 Å². The van der Waals surface area contributed by atoms with Crippen LogP contribution in [-0.4, -0.2) is 13.2 Å². The number of rotatable bonds is 2. The average Bonchev–Trinajstić information content (AvgIpc) is 2.05. The quantitative estimate of drug-likeness (QED) is 0.684. The van der Waals surface area contributed by atoms with E-state index < -0.39 is 0 Å². The van der Waals surface area contributed by atoms with Gasteiger partial charge in [0.25, 0.3) is 0 Å². The van der Waals surface area contributed by atoms with Crippen LogP contribution < -0.4 is 0 Å². The van der Waals surface area contributed by atoms with Crippen LogP contribution in [0.25, 0.3) is 0 Å². The predicted octanol–water partition coefficient (Wildman–Crippen LogP) is 1.87. The molecule has 2 rings (SSSR count). The van der Waals surface area contributed by atoms with E-state index >= 15 is 0 Å². The van der Waals surface area contributed by atoms with E-state index in [0.717, 1.165) is 18.8 Å². The van der Waals surface area contributed by atoms with Crippen LogP contribution in [0.3, 0.4) is 0 Å². The Hall–Kier alpha value is -1.33. The van der Waals surface area contributed by atoms with E-state index in [-0.39, 0.29) is 0 Å². The highest BCUT2D eigenvalue weighted by Gasteiger charge is 2.22. The Balaban J connectivity index is 2.26. The molecule has 0 amide bonds. The van der Waals surface area contributed by atoms with Crippen LogP contribution in [0.5, 0.6) is 0 Å². The fourth-order valence-electron chi connectivity index (χ4n) is 1.59. The van der Waals surface area contributed by atoms with Gasteiger partial charge in [0.05, 0.1) is 25.7 Å². The average molecular weight is 173 g/mol. The Kier molecular flexibility index (Phi) is 2.29. The van der Waals surface area contributed by atoms with Crippen molar-refractivity contribution in [1.82, 2.24) is 0 Å². The molecular weight excluding hydrogens is 162 g/mol. The van der Waals surface area contributed by atoms with Gasteiger partial charge in [-0.1, -0.05) is 24.3 Å². The molecule has 1 aliphatic heterocycles. The standard InChI is InChI=1S/C11H11NO/c12-6-5-9-3-1-2-4-11(9)10-7-13-8-10/h1-4,10H,5,7-8H2. The smallest absolute Gasteiger partial charge is 0.0669 e. The summed E-state index contributed by atoms with van der Waals surface area (Å²) < 4.78 is 5.14. The molecule has 66 valence electrons. The highest BCUT2D eigenvalue weighted by atomic mass is 16.5. The van der Waals surface area contributed by atoms with Crippen LogP contribution in [0.2, 0.25) is 0 Å². The van der Waals surface area contributed by atoms with Crippen molar-refractivity contribution >= 4 is 0 Å². The van der Waals surface area contributed by atoms with E-state index in [2.05, 4.69) is 12.1 Å². The summed E-state index contributed by atoms with van der Waals surface area (Å²) in [4.78, 5) is 0. The van der Waals surface area contributed by atoms with E-state index in [1.807, 2.05) is 18.2 Å². The Bertz CT molecular complexity index is 336. The third-order valence-corrected chi connectivity index (χ3v) is 2.40. The summed E-state index contributed by atoms with van der Waals surface area (Å²) >= 11 is 0. The molecule has 0 aliphatic carbocycles. The van der Waals surface area contributed by atoms with Crippen LogP contribution in [0, 0.1) is 11.3 Å². The molecule has 1 heterocycles. The van der Waals surface area contributed by atoms with Crippen molar-refractivity contribution < 1.29 is 4.74 Å². The summed E-state index contributed by atoms with van der Waals surface area (Å²) in [7, 11) is 0. The molecule has 1 aromatic carbocycles. The van der Waals surface area contributed by atoms with Gasteiger partial charge < -0.3 is 4.74 Å². The maximum atomic E-state index is 8.64. The van der Waals surface area contributed by atoms with Gasteiger partial charge in [-0.25, -0.2) is 0 Å². The number of nitrogens with zero attached hydrogens (tertiary/aromatic N) is 1. The number of nitriles is 1. The van der Waals surface area contributed by atoms with Crippen molar-refractivity contribution in [3.05, 3.63) is 35.4 Å². The lowest BCUT2D eigenvalue weighted by molar-refractivity contribution is 0.00812. The zero-order valence-electron chi connectivity index (χ0n) is 7.36. The maximum Gasteiger partial charge on any atom is 0.0669 e. The van der Waals surface area contributed by atoms with Crippen LogP contribution in [0.1, 0.15) is 17.0 Å². The van der Waals surface area contributed by atoms with Crippen molar-refractivity contribution in [2.45, 2.75) is 12.3 Å². The molecule has 0 bridgehead atoms. The molecule has 0 spiro atoms. The highest BCUT2D eigenvalue weighted by Crippen LogP contribution is 2.26. The van der Waals surface area contributed by atoms with Gasteiger partial charge in [-0.15, -0.1) is 0 Å². The topological polar surface area (TPSA) is 33.0 Å². The van der Waals surface area contributed by atoms with Gasteiger partial charge in [0.2, 0.25) is 0 Å². The molecule has 0 saturated carbocycles. The van der Waals surface area contributed by atoms with E-state index in [0.29, 0.717) is 12.3 Å². The van der Waals surface area contributed by atoms with Gasteiger partial charge in [0.15, 0.2) is 0 Å². The Labute approximate surface area is 77.8 Å². The largest absolute Gasteiger partial charge is 0.380 e. The first-order valence-corrected chi connectivity index (χ1v) is 4.44.